The lowest BCUT2D eigenvalue weighted by Gasteiger charge is -2.39. The molecular weight excluding hydrogens is 390 g/mol. The van der Waals surface area contributed by atoms with Gasteiger partial charge in [-0.05, 0) is 42.2 Å². The van der Waals surface area contributed by atoms with Crippen molar-refractivity contribution in [3.63, 3.8) is 0 Å². The molecule has 1 amide bonds. The Morgan fingerprint density at radius 1 is 1.00 bits per heavy atom. The van der Waals surface area contributed by atoms with Gasteiger partial charge in [0.1, 0.15) is 17.4 Å². The second kappa shape index (κ2) is 7.11. The lowest BCUT2D eigenvalue weighted by Crippen LogP contribution is -2.40. The monoisotopic (exact) mass is 419 g/mol. The molecule has 2 bridgehead atoms. The van der Waals surface area contributed by atoms with Crippen molar-refractivity contribution in [3.8, 4) is 11.5 Å². The van der Waals surface area contributed by atoms with E-state index in [2.05, 4.69) is 20.8 Å². The number of esters is 1. The smallest absolute Gasteiger partial charge is 0.318 e. The minimum Gasteiger partial charge on any atom is -0.457 e. The highest BCUT2D eigenvalue weighted by Gasteiger charge is 2.51. The van der Waals surface area contributed by atoms with Crippen molar-refractivity contribution in [2.24, 2.45) is 10.8 Å². The zero-order valence-electron chi connectivity index (χ0n) is 18.4. The Morgan fingerprint density at radius 3 is 2.26 bits per heavy atom. The number of carbonyl (C=O) groups is 2. The quantitative estimate of drug-likeness (QED) is 0.665. The van der Waals surface area contributed by atoms with Crippen LogP contribution in [0, 0.1) is 10.8 Å². The third-order valence-electron chi connectivity index (χ3n) is 6.99. The van der Waals surface area contributed by atoms with E-state index >= 15 is 0 Å². The number of para-hydroxylation sites is 2. The van der Waals surface area contributed by atoms with Crippen LogP contribution in [0.4, 0.5) is 0 Å². The van der Waals surface area contributed by atoms with Gasteiger partial charge in [0.05, 0.1) is 0 Å². The Labute approximate surface area is 183 Å². The average molecular weight is 420 g/mol. The minimum absolute atomic E-state index is 0.0894. The highest BCUT2D eigenvalue weighted by atomic mass is 16.5. The summed E-state index contributed by atoms with van der Waals surface area (Å²) < 4.78 is 11.6. The molecule has 5 rings (SSSR count). The maximum Gasteiger partial charge on any atom is 0.318 e. The number of hydrogen-bond donors (Lipinski definition) is 0. The topological polar surface area (TPSA) is 55.8 Å². The summed E-state index contributed by atoms with van der Waals surface area (Å²) in [5, 5.41) is 0. The summed E-state index contributed by atoms with van der Waals surface area (Å²) in [7, 11) is 0. The molecule has 2 atom stereocenters. The van der Waals surface area contributed by atoms with Crippen LogP contribution >= 0.6 is 0 Å². The fraction of sp³-hybridized carbons (Fsp3) is 0.462. The number of rotatable bonds is 3. The van der Waals surface area contributed by atoms with E-state index in [1.54, 1.807) is 0 Å². The van der Waals surface area contributed by atoms with E-state index in [0.717, 1.165) is 36.9 Å². The highest BCUT2D eigenvalue weighted by Crippen LogP contribution is 2.52. The molecule has 2 aromatic rings. The van der Waals surface area contributed by atoms with Crippen LogP contribution in [0.25, 0.3) is 0 Å². The molecule has 5 nitrogen and oxygen atoms in total. The molecule has 162 valence electrons. The summed E-state index contributed by atoms with van der Waals surface area (Å²) in [5.41, 5.74) is 1.93. The van der Waals surface area contributed by atoms with Crippen molar-refractivity contribution in [2.45, 2.75) is 52.0 Å². The predicted molar refractivity (Wildman–Crippen MR) is 117 cm³/mol. The van der Waals surface area contributed by atoms with E-state index in [1.165, 1.54) is 0 Å². The maximum absolute atomic E-state index is 13.2. The number of fused-ring (bicyclic) bond motifs is 4. The Bertz CT molecular complexity index is 1000. The van der Waals surface area contributed by atoms with Gasteiger partial charge in [-0.25, -0.2) is 0 Å². The lowest BCUT2D eigenvalue weighted by molar-refractivity contribution is -0.153. The van der Waals surface area contributed by atoms with Gasteiger partial charge in [-0.15, -0.1) is 0 Å². The Hall–Kier alpha value is -2.82. The molecule has 2 fully saturated rings. The summed E-state index contributed by atoms with van der Waals surface area (Å²) in [4.78, 5) is 28.2. The van der Waals surface area contributed by atoms with Crippen LogP contribution in [-0.2, 0) is 14.3 Å². The van der Waals surface area contributed by atoms with Gasteiger partial charge in [0.25, 0.3) is 5.91 Å². The van der Waals surface area contributed by atoms with Gasteiger partial charge in [0.2, 0.25) is 0 Å². The van der Waals surface area contributed by atoms with E-state index in [-0.39, 0.29) is 29.4 Å². The largest absolute Gasteiger partial charge is 0.457 e. The summed E-state index contributed by atoms with van der Waals surface area (Å²) >= 11 is 0. The van der Waals surface area contributed by atoms with Crippen LogP contribution < -0.4 is 4.74 Å². The SMILES string of the molecule is CC1(C)CC2CC(C)(CN2C(=O)COC(=O)C2c3ccccc3Oc3ccccc32)C1. The van der Waals surface area contributed by atoms with E-state index in [9.17, 15) is 9.59 Å². The van der Waals surface area contributed by atoms with Gasteiger partial charge in [-0.1, -0.05) is 57.2 Å². The molecule has 1 saturated heterocycles. The first-order valence-corrected chi connectivity index (χ1v) is 11.1. The molecule has 1 saturated carbocycles. The first-order chi connectivity index (χ1) is 14.7. The van der Waals surface area contributed by atoms with Crippen molar-refractivity contribution in [1.82, 2.24) is 4.90 Å². The molecule has 0 aromatic heterocycles. The Kier molecular flexibility index (Phi) is 4.61. The molecule has 0 spiro atoms. The third-order valence-corrected chi connectivity index (χ3v) is 6.99. The van der Waals surface area contributed by atoms with E-state index < -0.39 is 11.9 Å². The number of nitrogens with zero attached hydrogens (tertiary/aromatic N) is 1. The lowest BCUT2D eigenvalue weighted by atomic mass is 9.65. The highest BCUT2D eigenvalue weighted by molar-refractivity contribution is 5.88. The van der Waals surface area contributed by atoms with Gasteiger partial charge >= 0.3 is 5.97 Å². The van der Waals surface area contributed by atoms with Crippen LogP contribution in [-0.4, -0.2) is 36.0 Å². The molecule has 31 heavy (non-hydrogen) atoms. The Balaban J connectivity index is 1.32. The summed E-state index contributed by atoms with van der Waals surface area (Å²) in [6.45, 7) is 7.38. The summed E-state index contributed by atoms with van der Waals surface area (Å²) in [5.74, 6) is 0.206. The van der Waals surface area contributed by atoms with Gasteiger partial charge in [-0.2, -0.15) is 0 Å². The number of benzene rings is 2. The van der Waals surface area contributed by atoms with Crippen LogP contribution in [0.2, 0.25) is 0 Å². The fourth-order valence-corrected chi connectivity index (χ4v) is 6.21. The fourth-order valence-electron chi connectivity index (χ4n) is 6.21. The van der Waals surface area contributed by atoms with Crippen molar-refractivity contribution in [3.05, 3.63) is 59.7 Å². The molecule has 2 aromatic carbocycles. The molecule has 2 aliphatic heterocycles. The number of hydrogen-bond acceptors (Lipinski definition) is 4. The molecule has 5 heteroatoms. The zero-order valence-corrected chi connectivity index (χ0v) is 18.4. The molecule has 1 aliphatic carbocycles. The summed E-state index contributed by atoms with van der Waals surface area (Å²) in [6, 6.07) is 15.2. The predicted octanol–water partition coefficient (Wildman–Crippen LogP) is 4.89. The van der Waals surface area contributed by atoms with E-state index in [4.69, 9.17) is 9.47 Å². The van der Waals surface area contributed by atoms with Gasteiger partial charge in [-0.3, -0.25) is 9.59 Å². The number of ether oxygens (including phenoxy) is 2. The van der Waals surface area contributed by atoms with Gasteiger partial charge < -0.3 is 14.4 Å². The normalized spacial score (nSPS) is 25.9. The molecular formula is C26H29NO4. The van der Waals surface area contributed by atoms with Crippen molar-refractivity contribution >= 4 is 11.9 Å². The van der Waals surface area contributed by atoms with Crippen LogP contribution in [0.1, 0.15) is 57.1 Å². The maximum atomic E-state index is 13.2. The summed E-state index contributed by atoms with van der Waals surface area (Å²) in [6.07, 6.45) is 3.16. The number of amides is 1. The van der Waals surface area contributed by atoms with E-state index in [0.29, 0.717) is 11.5 Å². The van der Waals surface area contributed by atoms with Crippen molar-refractivity contribution in [2.75, 3.05) is 13.2 Å². The molecule has 0 N–H and O–H groups in total. The first-order valence-electron chi connectivity index (χ1n) is 11.1. The standard InChI is InChI=1S/C26H29NO4/c1-25(2)12-17-13-26(3,15-25)16-27(17)22(28)14-30-24(29)23-18-8-4-6-10-20(18)31-21-11-7-5-9-19(21)23/h4-11,17,23H,12-16H2,1-3H3. The van der Waals surface area contributed by atoms with E-state index in [1.807, 2.05) is 53.4 Å². The van der Waals surface area contributed by atoms with Crippen molar-refractivity contribution in [1.29, 1.82) is 0 Å². The van der Waals surface area contributed by atoms with Gasteiger partial charge in [0, 0.05) is 23.7 Å². The zero-order chi connectivity index (χ0) is 21.8. The molecule has 0 radical (unpaired) electrons. The first kappa shape index (κ1) is 20.1. The second-order valence-corrected chi connectivity index (χ2v) is 10.5. The second-order valence-electron chi connectivity index (χ2n) is 10.5. The van der Waals surface area contributed by atoms with Crippen LogP contribution in [0.5, 0.6) is 11.5 Å². The van der Waals surface area contributed by atoms with Crippen LogP contribution in [0.15, 0.2) is 48.5 Å². The number of carbonyl (C=O) groups excluding carboxylic acids is 2. The minimum atomic E-state index is -0.594. The Morgan fingerprint density at radius 2 is 1.61 bits per heavy atom. The molecule has 3 aliphatic rings. The molecule has 2 unspecified atom stereocenters. The van der Waals surface area contributed by atoms with Gasteiger partial charge in [0.15, 0.2) is 6.61 Å². The third kappa shape index (κ3) is 3.60. The number of likely N-dealkylation sites (tertiary alicyclic amines) is 1. The molecule has 2 heterocycles. The average Bonchev–Trinajstić information content (AvgIpc) is 2.98. The van der Waals surface area contributed by atoms with Crippen LogP contribution in [0.3, 0.4) is 0 Å². The van der Waals surface area contributed by atoms with Crippen molar-refractivity contribution < 1.29 is 19.1 Å².